The molecule has 0 saturated carbocycles. The van der Waals surface area contributed by atoms with Gasteiger partial charge in [0.2, 0.25) is 5.91 Å². The molecule has 1 amide bonds. The highest BCUT2D eigenvalue weighted by molar-refractivity contribution is 7.10. The standard InChI is InChI=1S/C15H22N2O2S/c1-2-13-12-4-8-20-14(12)3-6-17(13)15(18)9-11-10-16-5-7-19-11/h4,8,11,13,16H,2-3,5-7,9-10H2,1H3. The van der Waals surface area contributed by atoms with Crippen LogP contribution in [0.15, 0.2) is 11.4 Å². The van der Waals surface area contributed by atoms with Gasteiger partial charge in [-0.05, 0) is 29.9 Å². The monoisotopic (exact) mass is 294 g/mol. The summed E-state index contributed by atoms with van der Waals surface area (Å²) in [6, 6.07) is 2.45. The molecule has 4 nitrogen and oxygen atoms in total. The van der Waals surface area contributed by atoms with Gasteiger partial charge in [0.1, 0.15) is 0 Å². The molecule has 0 spiro atoms. The Kier molecular flexibility index (Phi) is 4.38. The first kappa shape index (κ1) is 14.0. The second-order valence-corrected chi connectivity index (χ2v) is 6.46. The third kappa shape index (κ3) is 2.75. The average molecular weight is 294 g/mol. The number of hydrogen-bond donors (Lipinski definition) is 1. The number of carbonyl (C=O) groups excluding carboxylic acids is 1. The van der Waals surface area contributed by atoms with Crippen molar-refractivity contribution in [2.75, 3.05) is 26.2 Å². The number of fused-ring (bicyclic) bond motifs is 1. The zero-order valence-corrected chi connectivity index (χ0v) is 12.7. The molecule has 0 aliphatic carbocycles. The Balaban J connectivity index is 1.68. The van der Waals surface area contributed by atoms with Crippen molar-refractivity contribution in [1.82, 2.24) is 10.2 Å². The van der Waals surface area contributed by atoms with Crippen LogP contribution in [0.4, 0.5) is 0 Å². The van der Waals surface area contributed by atoms with Crippen molar-refractivity contribution in [3.05, 3.63) is 21.9 Å². The number of carbonyl (C=O) groups is 1. The van der Waals surface area contributed by atoms with Crippen molar-refractivity contribution >= 4 is 17.2 Å². The van der Waals surface area contributed by atoms with Gasteiger partial charge in [-0.2, -0.15) is 0 Å². The van der Waals surface area contributed by atoms with E-state index in [1.807, 2.05) is 11.3 Å². The number of morpholine rings is 1. The van der Waals surface area contributed by atoms with Crippen molar-refractivity contribution in [1.29, 1.82) is 0 Å². The Morgan fingerprint density at radius 2 is 2.50 bits per heavy atom. The fourth-order valence-corrected chi connectivity index (χ4v) is 4.13. The molecule has 20 heavy (non-hydrogen) atoms. The average Bonchev–Trinajstić information content (AvgIpc) is 2.95. The van der Waals surface area contributed by atoms with E-state index < -0.39 is 0 Å². The van der Waals surface area contributed by atoms with Gasteiger partial charge < -0.3 is 15.0 Å². The highest BCUT2D eigenvalue weighted by atomic mass is 32.1. The summed E-state index contributed by atoms with van der Waals surface area (Å²) in [6.45, 7) is 5.41. The molecule has 0 aromatic carbocycles. The number of thiophene rings is 1. The van der Waals surface area contributed by atoms with Crippen molar-refractivity contribution in [3.8, 4) is 0 Å². The number of amides is 1. The quantitative estimate of drug-likeness (QED) is 0.926. The number of nitrogens with one attached hydrogen (secondary N) is 1. The second-order valence-electron chi connectivity index (χ2n) is 5.46. The third-order valence-corrected chi connectivity index (χ3v) is 5.21. The molecule has 1 saturated heterocycles. The van der Waals surface area contributed by atoms with E-state index in [-0.39, 0.29) is 18.1 Å². The van der Waals surface area contributed by atoms with Crippen LogP contribution >= 0.6 is 11.3 Å². The largest absolute Gasteiger partial charge is 0.375 e. The van der Waals surface area contributed by atoms with E-state index in [4.69, 9.17) is 4.74 Å². The Morgan fingerprint density at radius 3 is 3.25 bits per heavy atom. The van der Waals surface area contributed by atoms with Gasteiger partial charge in [-0.3, -0.25) is 4.79 Å². The van der Waals surface area contributed by atoms with Crippen molar-refractivity contribution in [2.24, 2.45) is 0 Å². The molecule has 1 aromatic heterocycles. The number of rotatable bonds is 3. The second kappa shape index (κ2) is 6.24. The van der Waals surface area contributed by atoms with E-state index in [0.717, 1.165) is 32.5 Å². The zero-order valence-electron chi connectivity index (χ0n) is 11.9. The summed E-state index contributed by atoms with van der Waals surface area (Å²) >= 11 is 1.82. The van der Waals surface area contributed by atoms with Crippen LogP contribution in [0.2, 0.25) is 0 Å². The van der Waals surface area contributed by atoms with Gasteiger partial charge in [0.25, 0.3) is 0 Å². The van der Waals surface area contributed by atoms with Crippen LogP contribution < -0.4 is 5.32 Å². The SMILES string of the molecule is CCC1c2ccsc2CCN1C(=O)CC1CNCCO1. The van der Waals surface area contributed by atoms with Gasteiger partial charge >= 0.3 is 0 Å². The molecular formula is C15H22N2O2S. The fraction of sp³-hybridized carbons (Fsp3) is 0.667. The number of nitrogens with zero attached hydrogens (tertiary/aromatic N) is 1. The van der Waals surface area contributed by atoms with Gasteiger partial charge in [-0.25, -0.2) is 0 Å². The van der Waals surface area contributed by atoms with E-state index in [2.05, 4.69) is 28.6 Å². The minimum absolute atomic E-state index is 0.0395. The summed E-state index contributed by atoms with van der Waals surface area (Å²) in [5.74, 6) is 0.238. The Labute approximate surface area is 124 Å². The van der Waals surface area contributed by atoms with Crippen molar-refractivity contribution in [3.63, 3.8) is 0 Å². The molecule has 1 N–H and O–H groups in total. The topological polar surface area (TPSA) is 41.6 Å². The maximum atomic E-state index is 12.6. The molecule has 1 aromatic rings. The van der Waals surface area contributed by atoms with Crippen LogP contribution in [0.25, 0.3) is 0 Å². The molecule has 2 unspecified atom stereocenters. The summed E-state index contributed by atoms with van der Waals surface area (Å²) in [7, 11) is 0. The molecular weight excluding hydrogens is 272 g/mol. The molecule has 5 heteroatoms. The first-order valence-corrected chi connectivity index (χ1v) is 8.35. The summed E-state index contributed by atoms with van der Waals surface area (Å²) in [5.41, 5.74) is 1.36. The molecule has 3 heterocycles. The lowest BCUT2D eigenvalue weighted by molar-refractivity contribution is -0.137. The van der Waals surface area contributed by atoms with Crippen LogP contribution in [0.3, 0.4) is 0 Å². The smallest absolute Gasteiger partial charge is 0.225 e. The van der Waals surface area contributed by atoms with E-state index in [1.54, 1.807) is 0 Å². The van der Waals surface area contributed by atoms with Crippen LogP contribution in [0.5, 0.6) is 0 Å². The van der Waals surface area contributed by atoms with E-state index >= 15 is 0 Å². The van der Waals surface area contributed by atoms with Crippen molar-refractivity contribution < 1.29 is 9.53 Å². The highest BCUT2D eigenvalue weighted by Crippen LogP contribution is 2.35. The summed E-state index contributed by atoms with van der Waals surface area (Å²) in [5, 5.41) is 5.43. The van der Waals surface area contributed by atoms with E-state index in [1.165, 1.54) is 10.4 Å². The third-order valence-electron chi connectivity index (χ3n) is 4.21. The molecule has 2 aliphatic rings. The highest BCUT2D eigenvalue weighted by Gasteiger charge is 2.31. The summed E-state index contributed by atoms with van der Waals surface area (Å²) < 4.78 is 5.65. The Bertz CT molecular complexity index is 468. The molecule has 110 valence electrons. The van der Waals surface area contributed by atoms with Gasteiger partial charge in [0.05, 0.1) is 25.2 Å². The lowest BCUT2D eigenvalue weighted by Crippen LogP contribution is -2.44. The van der Waals surface area contributed by atoms with Crippen LogP contribution in [0, 0.1) is 0 Å². The molecule has 3 rings (SSSR count). The molecule has 1 fully saturated rings. The lowest BCUT2D eigenvalue weighted by atomic mass is 9.97. The predicted octanol–water partition coefficient (Wildman–Crippen LogP) is 1.96. The summed E-state index contributed by atoms with van der Waals surface area (Å²) in [4.78, 5) is 16.1. The van der Waals surface area contributed by atoms with E-state index in [9.17, 15) is 4.79 Å². The minimum Gasteiger partial charge on any atom is -0.375 e. The minimum atomic E-state index is 0.0395. The van der Waals surface area contributed by atoms with Crippen LogP contribution in [0.1, 0.15) is 36.2 Å². The first-order valence-electron chi connectivity index (χ1n) is 7.47. The Hall–Kier alpha value is -0.910. The Morgan fingerprint density at radius 1 is 1.60 bits per heavy atom. The normalized spacial score (nSPS) is 26.4. The molecule has 2 aliphatic heterocycles. The molecule has 0 bridgehead atoms. The van der Waals surface area contributed by atoms with Gasteiger partial charge in [-0.15, -0.1) is 11.3 Å². The molecule has 0 radical (unpaired) electrons. The fourth-order valence-electron chi connectivity index (χ4n) is 3.20. The van der Waals surface area contributed by atoms with Crippen LogP contribution in [-0.4, -0.2) is 43.2 Å². The maximum Gasteiger partial charge on any atom is 0.225 e. The van der Waals surface area contributed by atoms with Gasteiger partial charge in [0, 0.05) is 24.5 Å². The maximum absolute atomic E-state index is 12.6. The van der Waals surface area contributed by atoms with E-state index in [0.29, 0.717) is 13.0 Å². The number of hydrogen-bond acceptors (Lipinski definition) is 4. The van der Waals surface area contributed by atoms with Crippen LogP contribution in [-0.2, 0) is 16.0 Å². The first-order chi connectivity index (χ1) is 9.79. The zero-order chi connectivity index (χ0) is 13.9. The molecule has 2 atom stereocenters. The van der Waals surface area contributed by atoms with Gasteiger partial charge in [-0.1, -0.05) is 6.92 Å². The summed E-state index contributed by atoms with van der Waals surface area (Å²) in [6.07, 6.45) is 2.53. The van der Waals surface area contributed by atoms with Crippen molar-refractivity contribution in [2.45, 2.75) is 38.3 Å². The predicted molar refractivity (Wildman–Crippen MR) is 80.0 cm³/mol. The lowest BCUT2D eigenvalue weighted by Gasteiger charge is -2.36. The van der Waals surface area contributed by atoms with Gasteiger partial charge in [0.15, 0.2) is 0 Å². The number of ether oxygens (including phenoxy) is 1.